The Morgan fingerprint density at radius 1 is 0.800 bits per heavy atom. The SMILES string of the molecule is Cc1cc(C)cc(-c2cc(C)cc(C)c2/C=C/C=O)c1. The highest BCUT2D eigenvalue weighted by Gasteiger charge is 2.08. The summed E-state index contributed by atoms with van der Waals surface area (Å²) in [7, 11) is 0. The largest absolute Gasteiger partial charge is 0.299 e. The maximum Gasteiger partial charge on any atom is 0.142 e. The van der Waals surface area contributed by atoms with Gasteiger partial charge in [-0.05, 0) is 56.0 Å². The van der Waals surface area contributed by atoms with Gasteiger partial charge in [-0.15, -0.1) is 0 Å². The van der Waals surface area contributed by atoms with Gasteiger partial charge in [0, 0.05) is 0 Å². The van der Waals surface area contributed by atoms with Crippen LogP contribution in [0, 0.1) is 27.7 Å². The fourth-order valence-corrected chi connectivity index (χ4v) is 2.70. The molecule has 2 aromatic rings. The van der Waals surface area contributed by atoms with Crippen molar-refractivity contribution in [1.29, 1.82) is 0 Å². The van der Waals surface area contributed by atoms with E-state index in [0.717, 1.165) is 11.8 Å². The van der Waals surface area contributed by atoms with Crippen molar-refractivity contribution in [2.45, 2.75) is 27.7 Å². The van der Waals surface area contributed by atoms with Gasteiger partial charge < -0.3 is 0 Å². The summed E-state index contributed by atoms with van der Waals surface area (Å²) >= 11 is 0. The van der Waals surface area contributed by atoms with Gasteiger partial charge in [-0.3, -0.25) is 4.79 Å². The first-order chi connectivity index (χ1) is 9.51. The Balaban J connectivity index is 2.71. The highest BCUT2D eigenvalue weighted by molar-refractivity contribution is 5.83. The first kappa shape index (κ1) is 14.3. The van der Waals surface area contributed by atoms with Gasteiger partial charge in [0.05, 0.1) is 0 Å². The highest BCUT2D eigenvalue weighted by atomic mass is 16.1. The number of aldehydes is 1. The minimum Gasteiger partial charge on any atom is -0.299 e. The average molecular weight is 264 g/mol. The third-order valence-electron chi connectivity index (χ3n) is 3.41. The molecule has 2 aromatic carbocycles. The van der Waals surface area contributed by atoms with E-state index in [-0.39, 0.29) is 0 Å². The van der Waals surface area contributed by atoms with Crippen LogP contribution in [0.15, 0.2) is 36.4 Å². The van der Waals surface area contributed by atoms with Crippen LogP contribution in [0.5, 0.6) is 0 Å². The predicted molar refractivity (Wildman–Crippen MR) is 85.9 cm³/mol. The minimum atomic E-state index is 0.824. The molecule has 0 aliphatic rings. The molecule has 0 saturated carbocycles. The Morgan fingerprint density at radius 3 is 2.00 bits per heavy atom. The molecule has 0 unspecified atom stereocenters. The van der Waals surface area contributed by atoms with E-state index in [1.165, 1.54) is 33.4 Å². The zero-order chi connectivity index (χ0) is 14.7. The Bertz CT molecular complexity index is 658. The van der Waals surface area contributed by atoms with Crippen LogP contribution in [0.4, 0.5) is 0 Å². The van der Waals surface area contributed by atoms with Gasteiger partial charge in [0.15, 0.2) is 0 Å². The number of allylic oxidation sites excluding steroid dienone is 1. The normalized spacial score (nSPS) is 11.0. The highest BCUT2D eigenvalue weighted by Crippen LogP contribution is 2.30. The fraction of sp³-hybridized carbons (Fsp3) is 0.211. The van der Waals surface area contributed by atoms with E-state index in [9.17, 15) is 4.79 Å². The van der Waals surface area contributed by atoms with Crippen LogP contribution >= 0.6 is 0 Å². The van der Waals surface area contributed by atoms with Crippen LogP contribution in [-0.4, -0.2) is 6.29 Å². The summed E-state index contributed by atoms with van der Waals surface area (Å²) < 4.78 is 0. The van der Waals surface area contributed by atoms with Crippen LogP contribution in [0.1, 0.15) is 27.8 Å². The van der Waals surface area contributed by atoms with Gasteiger partial charge in [-0.1, -0.05) is 53.1 Å². The topological polar surface area (TPSA) is 17.1 Å². The second-order valence-corrected chi connectivity index (χ2v) is 5.41. The standard InChI is InChI=1S/C19H20O/c1-13-8-14(2)11-17(10-13)19-12-15(3)9-16(4)18(19)6-5-7-20/h5-12H,1-4H3/b6-5+. The Hall–Kier alpha value is -2.15. The summed E-state index contributed by atoms with van der Waals surface area (Å²) in [5.41, 5.74) is 8.45. The van der Waals surface area contributed by atoms with Crippen molar-refractivity contribution in [3.63, 3.8) is 0 Å². The van der Waals surface area contributed by atoms with E-state index in [1.807, 2.05) is 6.08 Å². The van der Waals surface area contributed by atoms with Crippen molar-refractivity contribution in [1.82, 2.24) is 0 Å². The lowest BCUT2D eigenvalue weighted by atomic mass is 9.92. The fourth-order valence-electron chi connectivity index (χ4n) is 2.70. The molecule has 20 heavy (non-hydrogen) atoms. The molecule has 0 spiro atoms. The lowest BCUT2D eigenvalue weighted by molar-refractivity contribution is -0.104. The summed E-state index contributed by atoms with van der Waals surface area (Å²) in [6.07, 6.45) is 4.28. The lowest BCUT2D eigenvalue weighted by Crippen LogP contribution is -1.91. The van der Waals surface area contributed by atoms with Crippen molar-refractivity contribution >= 4 is 12.4 Å². The number of aryl methyl sites for hydroxylation is 4. The average Bonchev–Trinajstić information content (AvgIpc) is 2.35. The molecule has 2 rings (SSSR count). The van der Waals surface area contributed by atoms with Gasteiger partial charge in [-0.25, -0.2) is 0 Å². The molecule has 0 aliphatic carbocycles. The van der Waals surface area contributed by atoms with Crippen molar-refractivity contribution in [3.05, 3.63) is 64.2 Å². The first-order valence-electron chi connectivity index (χ1n) is 6.83. The van der Waals surface area contributed by atoms with E-state index >= 15 is 0 Å². The van der Waals surface area contributed by atoms with Crippen molar-refractivity contribution in [3.8, 4) is 11.1 Å². The monoisotopic (exact) mass is 264 g/mol. The van der Waals surface area contributed by atoms with Crippen LogP contribution in [0.2, 0.25) is 0 Å². The third-order valence-corrected chi connectivity index (χ3v) is 3.41. The molecule has 0 bridgehead atoms. The van der Waals surface area contributed by atoms with Gasteiger partial charge >= 0.3 is 0 Å². The maximum absolute atomic E-state index is 10.6. The van der Waals surface area contributed by atoms with Crippen molar-refractivity contribution in [2.75, 3.05) is 0 Å². The Morgan fingerprint density at radius 2 is 1.40 bits per heavy atom. The van der Waals surface area contributed by atoms with E-state index in [0.29, 0.717) is 0 Å². The van der Waals surface area contributed by atoms with Gasteiger partial charge in [0.1, 0.15) is 6.29 Å². The maximum atomic E-state index is 10.6. The first-order valence-corrected chi connectivity index (χ1v) is 6.83. The lowest BCUT2D eigenvalue weighted by Gasteiger charge is -2.13. The smallest absolute Gasteiger partial charge is 0.142 e. The van der Waals surface area contributed by atoms with Crippen LogP contribution in [0.3, 0.4) is 0 Å². The van der Waals surface area contributed by atoms with Crippen LogP contribution in [-0.2, 0) is 4.79 Å². The molecule has 102 valence electrons. The Labute approximate surface area is 121 Å². The molecule has 0 radical (unpaired) electrons. The summed E-state index contributed by atoms with van der Waals surface area (Å²) in [5.74, 6) is 0. The van der Waals surface area contributed by atoms with Gasteiger partial charge in [0.2, 0.25) is 0 Å². The summed E-state index contributed by atoms with van der Waals surface area (Å²) in [6, 6.07) is 10.9. The summed E-state index contributed by atoms with van der Waals surface area (Å²) in [4.78, 5) is 10.6. The predicted octanol–water partition coefficient (Wildman–Crippen LogP) is 4.80. The molecular formula is C19H20O. The van der Waals surface area contributed by atoms with E-state index in [2.05, 4.69) is 58.0 Å². The number of hydrogen-bond donors (Lipinski definition) is 0. The molecule has 1 heteroatoms. The number of carbonyl (C=O) groups is 1. The molecule has 1 nitrogen and oxygen atoms in total. The quantitative estimate of drug-likeness (QED) is 0.575. The second kappa shape index (κ2) is 5.87. The van der Waals surface area contributed by atoms with Crippen LogP contribution in [0.25, 0.3) is 17.2 Å². The summed E-state index contributed by atoms with van der Waals surface area (Å²) in [6.45, 7) is 8.41. The number of rotatable bonds is 3. The zero-order valence-corrected chi connectivity index (χ0v) is 12.5. The molecular weight excluding hydrogens is 244 g/mol. The molecule has 0 N–H and O–H groups in total. The van der Waals surface area contributed by atoms with E-state index in [4.69, 9.17) is 0 Å². The molecule has 0 heterocycles. The molecule has 0 aromatic heterocycles. The molecule has 0 aliphatic heterocycles. The number of carbonyl (C=O) groups excluding carboxylic acids is 1. The number of benzene rings is 2. The zero-order valence-electron chi connectivity index (χ0n) is 12.5. The molecule has 0 atom stereocenters. The minimum absolute atomic E-state index is 0.824. The van der Waals surface area contributed by atoms with Gasteiger partial charge in [-0.2, -0.15) is 0 Å². The molecule has 0 saturated heterocycles. The van der Waals surface area contributed by atoms with Gasteiger partial charge in [0.25, 0.3) is 0 Å². The number of hydrogen-bond acceptors (Lipinski definition) is 1. The molecule has 0 fully saturated rings. The second-order valence-electron chi connectivity index (χ2n) is 5.41. The Kier molecular flexibility index (Phi) is 4.19. The van der Waals surface area contributed by atoms with E-state index < -0.39 is 0 Å². The van der Waals surface area contributed by atoms with Crippen molar-refractivity contribution in [2.24, 2.45) is 0 Å². The third kappa shape index (κ3) is 3.05. The van der Waals surface area contributed by atoms with Crippen molar-refractivity contribution < 1.29 is 4.79 Å². The summed E-state index contributed by atoms with van der Waals surface area (Å²) in [5, 5.41) is 0. The molecule has 0 amide bonds. The van der Waals surface area contributed by atoms with E-state index in [1.54, 1.807) is 6.08 Å². The van der Waals surface area contributed by atoms with Crippen LogP contribution < -0.4 is 0 Å².